The van der Waals surface area contributed by atoms with Crippen LogP contribution in [0.1, 0.15) is 22.8 Å². The first-order valence-electron chi connectivity index (χ1n) is 10.7. The van der Waals surface area contributed by atoms with Crippen molar-refractivity contribution in [3.05, 3.63) is 59.0 Å². The Morgan fingerprint density at radius 2 is 1.51 bits per heavy atom. The van der Waals surface area contributed by atoms with Gasteiger partial charge in [0.25, 0.3) is 0 Å². The van der Waals surface area contributed by atoms with E-state index in [2.05, 4.69) is 5.32 Å². The van der Waals surface area contributed by atoms with E-state index in [-0.39, 0.29) is 12.2 Å². The molecular formula is C26H27NO7S. The van der Waals surface area contributed by atoms with E-state index in [9.17, 15) is 9.59 Å². The van der Waals surface area contributed by atoms with Gasteiger partial charge in [-0.05, 0) is 48.4 Å². The van der Waals surface area contributed by atoms with Gasteiger partial charge < -0.3 is 29.0 Å². The summed E-state index contributed by atoms with van der Waals surface area (Å²) in [6.07, 6.45) is 3.02. The fraction of sp³-hybridized carbons (Fsp3) is 0.231. The van der Waals surface area contributed by atoms with E-state index in [4.69, 9.17) is 23.7 Å². The van der Waals surface area contributed by atoms with E-state index in [1.54, 1.807) is 70.0 Å². The maximum absolute atomic E-state index is 12.8. The Labute approximate surface area is 208 Å². The van der Waals surface area contributed by atoms with Crippen LogP contribution in [0.5, 0.6) is 23.0 Å². The quantitative estimate of drug-likeness (QED) is 0.301. The Bertz CT molecular complexity index is 1230. The molecule has 1 aromatic heterocycles. The molecule has 1 amide bonds. The molecule has 0 unspecified atom stereocenters. The standard InChI is InChI=1S/C26H27NO7S/c1-6-34-26(29)24-18(17-9-11-20(31-3)22(14-17)33-5)15-35-25(24)27-23(28)12-8-16-7-10-19(30-2)21(13-16)32-4/h7-15H,6H2,1-5H3,(H,27,28). The molecule has 0 spiro atoms. The van der Waals surface area contributed by atoms with Gasteiger partial charge in [0.1, 0.15) is 10.6 Å². The highest BCUT2D eigenvalue weighted by Gasteiger charge is 2.23. The fourth-order valence-corrected chi connectivity index (χ4v) is 4.31. The van der Waals surface area contributed by atoms with Crippen LogP contribution in [0.4, 0.5) is 5.00 Å². The topological polar surface area (TPSA) is 92.3 Å². The molecule has 1 N–H and O–H groups in total. The van der Waals surface area contributed by atoms with E-state index in [1.165, 1.54) is 24.5 Å². The van der Waals surface area contributed by atoms with Crippen molar-refractivity contribution in [3.8, 4) is 34.1 Å². The van der Waals surface area contributed by atoms with Crippen LogP contribution in [0.3, 0.4) is 0 Å². The van der Waals surface area contributed by atoms with Gasteiger partial charge in [0, 0.05) is 17.0 Å². The molecule has 35 heavy (non-hydrogen) atoms. The van der Waals surface area contributed by atoms with Crippen LogP contribution in [0, 0.1) is 0 Å². The van der Waals surface area contributed by atoms with Crippen molar-refractivity contribution < 1.29 is 33.3 Å². The number of carbonyl (C=O) groups excluding carboxylic acids is 2. The summed E-state index contributed by atoms with van der Waals surface area (Å²) in [5.41, 5.74) is 2.37. The summed E-state index contributed by atoms with van der Waals surface area (Å²) in [7, 11) is 6.19. The predicted molar refractivity (Wildman–Crippen MR) is 136 cm³/mol. The lowest BCUT2D eigenvalue weighted by molar-refractivity contribution is -0.111. The van der Waals surface area contributed by atoms with E-state index in [0.717, 1.165) is 11.1 Å². The number of anilines is 1. The zero-order valence-corrected chi connectivity index (χ0v) is 21.0. The first kappa shape index (κ1) is 25.6. The average molecular weight is 498 g/mol. The van der Waals surface area contributed by atoms with Crippen LogP contribution >= 0.6 is 11.3 Å². The number of thiophene rings is 1. The smallest absolute Gasteiger partial charge is 0.341 e. The Balaban J connectivity index is 1.90. The van der Waals surface area contributed by atoms with Crippen molar-refractivity contribution in [2.75, 3.05) is 40.4 Å². The minimum atomic E-state index is -0.530. The van der Waals surface area contributed by atoms with Crippen LogP contribution in [0.15, 0.2) is 47.9 Å². The third-order valence-electron chi connectivity index (χ3n) is 5.04. The van der Waals surface area contributed by atoms with Crippen LogP contribution in [-0.2, 0) is 9.53 Å². The number of esters is 1. The van der Waals surface area contributed by atoms with Crippen molar-refractivity contribution in [1.82, 2.24) is 0 Å². The van der Waals surface area contributed by atoms with E-state index < -0.39 is 11.9 Å². The van der Waals surface area contributed by atoms with Crippen molar-refractivity contribution in [3.63, 3.8) is 0 Å². The Hall–Kier alpha value is -3.98. The number of hydrogen-bond acceptors (Lipinski definition) is 8. The molecule has 0 atom stereocenters. The lowest BCUT2D eigenvalue weighted by Gasteiger charge is -2.11. The highest BCUT2D eigenvalue weighted by molar-refractivity contribution is 7.15. The molecule has 3 aromatic rings. The molecule has 0 fully saturated rings. The molecule has 0 saturated heterocycles. The molecule has 0 radical (unpaired) electrons. The molecule has 8 nitrogen and oxygen atoms in total. The number of nitrogens with one attached hydrogen (secondary N) is 1. The molecule has 9 heteroatoms. The van der Waals surface area contributed by atoms with Crippen molar-refractivity contribution in [2.24, 2.45) is 0 Å². The summed E-state index contributed by atoms with van der Waals surface area (Å²) < 4.78 is 26.5. The van der Waals surface area contributed by atoms with Crippen molar-refractivity contribution in [2.45, 2.75) is 6.92 Å². The Morgan fingerprint density at radius 1 is 0.886 bits per heavy atom. The molecule has 184 valence electrons. The molecule has 2 aromatic carbocycles. The number of benzene rings is 2. The van der Waals surface area contributed by atoms with Crippen LogP contribution in [-0.4, -0.2) is 46.9 Å². The van der Waals surface area contributed by atoms with Gasteiger partial charge in [-0.1, -0.05) is 12.1 Å². The molecule has 1 heterocycles. The van der Waals surface area contributed by atoms with Gasteiger partial charge in [-0.15, -0.1) is 11.3 Å². The van der Waals surface area contributed by atoms with Crippen LogP contribution in [0.2, 0.25) is 0 Å². The number of amides is 1. The summed E-state index contributed by atoms with van der Waals surface area (Å²) >= 11 is 1.23. The lowest BCUT2D eigenvalue weighted by Crippen LogP contribution is -2.12. The number of methoxy groups -OCH3 is 4. The second-order valence-electron chi connectivity index (χ2n) is 7.08. The second kappa shape index (κ2) is 11.9. The number of ether oxygens (including phenoxy) is 5. The SMILES string of the molecule is CCOC(=O)c1c(-c2ccc(OC)c(OC)c2)csc1NC(=O)C=Cc1ccc(OC)c(OC)c1. The highest BCUT2D eigenvalue weighted by atomic mass is 32.1. The molecule has 0 saturated carbocycles. The average Bonchev–Trinajstić information content (AvgIpc) is 3.30. The minimum absolute atomic E-state index is 0.201. The van der Waals surface area contributed by atoms with E-state index >= 15 is 0 Å². The predicted octanol–water partition coefficient (Wildman–Crippen LogP) is 5.28. The zero-order chi connectivity index (χ0) is 25.4. The third kappa shape index (κ3) is 5.93. The van der Waals surface area contributed by atoms with Crippen molar-refractivity contribution >= 4 is 34.3 Å². The summed E-state index contributed by atoms with van der Waals surface area (Å²) in [4.78, 5) is 25.5. The Kier molecular flexibility index (Phi) is 8.74. The van der Waals surface area contributed by atoms with Gasteiger partial charge in [-0.2, -0.15) is 0 Å². The lowest BCUT2D eigenvalue weighted by atomic mass is 10.0. The van der Waals surface area contributed by atoms with Gasteiger partial charge in [-0.3, -0.25) is 4.79 Å². The summed E-state index contributed by atoms with van der Waals surface area (Å²) in [5, 5.41) is 4.97. The number of carbonyl (C=O) groups is 2. The maximum atomic E-state index is 12.8. The first-order valence-corrected chi connectivity index (χ1v) is 11.6. The Morgan fingerprint density at radius 3 is 2.14 bits per heavy atom. The van der Waals surface area contributed by atoms with Crippen LogP contribution in [0.25, 0.3) is 17.2 Å². The minimum Gasteiger partial charge on any atom is -0.493 e. The molecule has 0 bridgehead atoms. The summed E-state index contributed by atoms with van der Waals surface area (Å²) in [6, 6.07) is 10.7. The molecule has 0 aliphatic rings. The summed E-state index contributed by atoms with van der Waals surface area (Å²) in [6.45, 7) is 1.93. The third-order valence-corrected chi connectivity index (χ3v) is 5.93. The van der Waals surface area contributed by atoms with E-state index in [0.29, 0.717) is 33.6 Å². The number of rotatable bonds is 10. The van der Waals surface area contributed by atoms with Gasteiger partial charge in [-0.25, -0.2) is 4.79 Å². The highest BCUT2D eigenvalue weighted by Crippen LogP contribution is 2.39. The molecular weight excluding hydrogens is 470 g/mol. The molecule has 0 aliphatic heterocycles. The largest absolute Gasteiger partial charge is 0.493 e. The van der Waals surface area contributed by atoms with Gasteiger partial charge in [0.2, 0.25) is 5.91 Å². The van der Waals surface area contributed by atoms with Crippen LogP contribution < -0.4 is 24.3 Å². The monoisotopic (exact) mass is 497 g/mol. The van der Waals surface area contributed by atoms with Gasteiger partial charge >= 0.3 is 5.97 Å². The van der Waals surface area contributed by atoms with Gasteiger partial charge in [0.05, 0.1) is 35.0 Å². The normalized spacial score (nSPS) is 10.7. The van der Waals surface area contributed by atoms with Gasteiger partial charge in [0.15, 0.2) is 23.0 Å². The first-order chi connectivity index (χ1) is 16.9. The zero-order valence-electron chi connectivity index (χ0n) is 20.2. The fourth-order valence-electron chi connectivity index (χ4n) is 3.35. The molecule has 0 aliphatic carbocycles. The molecule has 3 rings (SSSR count). The van der Waals surface area contributed by atoms with Crippen molar-refractivity contribution in [1.29, 1.82) is 0 Å². The maximum Gasteiger partial charge on any atom is 0.341 e. The van der Waals surface area contributed by atoms with E-state index in [1.807, 2.05) is 6.07 Å². The summed E-state index contributed by atoms with van der Waals surface area (Å²) in [5.74, 6) is 1.31. The number of hydrogen-bond donors (Lipinski definition) is 1. The second-order valence-corrected chi connectivity index (χ2v) is 7.96.